The Morgan fingerprint density at radius 2 is 2.29 bits per heavy atom. The fraction of sp³-hybridized carbons (Fsp3) is 0.375. The molecule has 0 amide bonds. The lowest BCUT2D eigenvalue weighted by Gasteiger charge is -2.18. The van der Waals surface area contributed by atoms with Crippen molar-refractivity contribution in [2.45, 2.75) is 6.43 Å². The third kappa shape index (κ3) is 2.80. The number of nitrogens with zero attached hydrogens (tertiary/aromatic N) is 2. The molecule has 0 atom stereocenters. The quantitative estimate of drug-likeness (QED) is 0.911. The van der Waals surface area contributed by atoms with Crippen molar-refractivity contribution in [3.63, 3.8) is 0 Å². The van der Waals surface area contributed by atoms with Gasteiger partial charge in [-0.05, 0) is 22.0 Å². The standard InChI is InChI=1S/C8H10BrF2N3/c1-14(4-7(10)11)8-6(9)2-5(12)3-13-8/h2-3,7H,4,12H2,1H3. The lowest BCUT2D eigenvalue weighted by Crippen LogP contribution is -2.25. The summed E-state index contributed by atoms with van der Waals surface area (Å²) in [4.78, 5) is 5.32. The van der Waals surface area contributed by atoms with E-state index in [2.05, 4.69) is 20.9 Å². The Labute approximate surface area is 89.0 Å². The minimum Gasteiger partial charge on any atom is -0.397 e. The third-order valence-corrected chi connectivity index (χ3v) is 2.20. The molecule has 6 heteroatoms. The van der Waals surface area contributed by atoms with Crippen LogP contribution in [0.5, 0.6) is 0 Å². The predicted octanol–water partition coefficient (Wildman–Crippen LogP) is 2.13. The molecule has 0 saturated carbocycles. The lowest BCUT2D eigenvalue weighted by molar-refractivity contribution is 0.156. The van der Waals surface area contributed by atoms with Crippen molar-refractivity contribution in [2.75, 3.05) is 24.2 Å². The maximum Gasteiger partial charge on any atom is 0.255 e. The highest BCUT2D eigenvalue weighted by atomic mass is 79.9. The van der Waals surface area contributed by atoms with Gasteiger partial charge in [-0.3, -0.25) is 0 Å². The molecule has 3 nitrogen and oxygen atoms in total. The number of anilines is 2. The van der Waals surface area contributed by atoms with E-state index in [1.165, 1.54) is 11.1 Å². The van der Waals surface area contributed by atoms with E-state index >= 15 is 0 Å². The molecule has 2 N–H and O–H groups in total. The van der Waals surface area contributed by atoms with E-state index in [-0.39, 0.29) is 6.54 Å². The number of nitrogens with two attached hydrogens (primary N) is 1. The Hall–Kier alpha value is -0.910. The predicted molar refractivity (Wildman–Crippen MR) is 55.6 cm³/mol. The number of pyridine rings is 1. The molecule has 0 unspecified atom stereocenters. The molecule has 0 aliphatic rings. The highest BCUT2D eigenvalue weighted by molar-refractivity contribution is 9.10. The molecule has 0 aliphatic carbocycles. The molecular formula is C8H10BrF2N3. The van der Waals surface area contributed by atoms with E-state index in [1.54, 1.807) is 13.1 Å². The van der Waals surface area contributed by atoms with Gasteiger partial charge in [-0.15, -0.1) is 0 Å². The van der Waals surface area contributed by atoms with E-state index in [0.29, 0.717) is 16.0 Å². The summed E-state index contributed by atoms with van der Waals surface area (Å²) in [6, 6.07) is 1.63. The molecule has 0 saturated heterocycles. The van der Waals surface area contributed by atoms with Crippen molar-refractivity contribution in [3.05, 3.63) is 16.7 Å². The average Bonchev–Trinajstić information content (AvgIpc) is 2.01. The van der Waals surface area contributed by atoms with E-state index in [9.17, 15) is 8.78 Å². The maximum atomic E-state index is 12.1. The van der Waals surface area contributed by atoms with Crippen LogP contribution >= 0.6 is 15.9 Å². The SMILES string of the molecule is CN(CC(F)F)c1ncc(N)cc1Br. The second kappa shape index (κ2) is 4.54. The van der Waals surface area contributed by atoms with Crippen molar-refractivity contribution < 1.29 is 8.78 Å². The normalized spacial score (nSPS) is 10.6. The van der Waals surface area contributed by atoms with E-state index in [1.807, 2.05) is 0 Å². The zero-order chi connectivity index (χ0) is 10.7. The second-order valence-corrected chi connectivity index (χ2v) is 3.70. The molecule has 0 radical (unpaired) electrons. The van der Waals surface area contributed by atoms with Crippen LogP contribution < -0.4 is 10.6 Å². The number of aromatic nitrogens is 1. The van der Waals surface area contributed by atoms with E-state index < -0.39 is 6.43 Å². The van der Waals surface area contributed by atoms with Crippen LogP contribution in [0, 0.1) is 0 Å². The number of rotatable bonds is 3. The molecule has 14 heavy (non-hydrogen) atoms. The van der Waals surface area contributed by atoms with E-state index in [0.717, 1.165) is 0 Å². The van der Waals surface area contributed by atoms with Crippen molar-refractivity contribution in [1.82, 2.24) is 4.98 Å². The van der Waals surface area contributed by atoms with Gasteiger partial charge in [-0.25, -0.2) is 13.8 Å². The summed E-state index contributed by atoms with van der Waals surface area (Å²) >= 11 is 3.21. The molecule has 1 heterocycles. The topological polar surface area (TPSA) is 42.2 Å². The summed E-state index contributed by atoms with van der Waals surface area (Å²) in [6.45, 7) is -0.352. The highest BCUT2D eigenvalue weighted by Crippen LogP contribution is 2.24. The molecule has 0 bridgehead atoms. The van der Waals surface area contributed by atoms with Crippen LogP contribution in [-0.4, -0.2) is 25.0 Å². The van der Waals surface area contributed by atoms with Gasteiger partial charge in [-0.2, -0.15) is 0 Å². The first-order valence-electron chi connectivity index (χ1n) is 3.91. The largest absolute Gasteiger partial charge is 0.397 e. The van der Waals surface area contributed by atoms with Crippen LogP contribution in [-0.2, 0) is 0 Å². The zero-order valence-electron chi connectivity index (χ0n) is 7.54. The number of hydrogen-bond acceptors (Lipinski definition) is 3. The Balaban J connectivity index is 2.84. The number of alkyl halides is 2. The summed E-state index contributed by atoms with van der Waals surface area (Å²) in [5.74, 6) is 0.458. The van der Waals surface area contributed by atoms with Crippen LogP contribution in [0.4, 0.5) is 20.3 Å². The van der Waals surface area contributed by atoms with Crippen LogP contribution in [0.2, 0.25) is 0 Å². The summed E-state index contributed by atoms with van der Waals surface area (Å²) in [6.07, 6.45) is -0.950. The molecule has 1 aromatic rings. The van der Waals surface area contributed by atoms with Gasteiger partial charge in [0.2, 0.25) is 0 Å². The first-order chi connectivity index (χ1) is 6.50. The third-order valence-electron chi connectivity index (χ3n) is 1.62. The van der Waals surface area contributed by atoms with Crippen LogP contribution in [0.1, 0.15) is 0 Å². The van der Waals surface area contributed by atoms with Gasteiger partial charge in [-0.1, -0.05) is 0 Å². The van der Waals surface area contributed by atoms with Gasteiger partial charge in [0.1, 0.15) is 5.82 Å². The van der Waals surface area contributed by atoms with Crippen molar-refractivity contribution in [1.29, 1.82) is 0 Å². The number of halogens is 3. The first-order valence-corrected chi connectivity index (χ1v) is 4.70. The fourth-order valence-electron chi connectivity index (χ4n) is 1.02. The highest BCUT2D eigenvalue weighted by Gasteiger charge is 2.12. The molecule has 0 spiro atoms. The first kappa shape index (κ1) is 11.2. The molecule has 0 aromatic carbocycles. The van der Waals surface area contributed by atoms with Crippen LogP contribution in [0.3, 0.4) is 0 Å². The van der Waals surface area contributed by atoms with Gasteiger partial charge in [0.25, 0.3) is 6.43 Å². The van der Waals surface area contributed by atoms with Gasteiger partial charge >= 0.3 is 0 Å². The van der Waals surface area contributed by atoms with Crippen LogP contribution in [0.25, 0.3) is 0 Å². The Kier molecular flexibility index (Phi) is 3.62. The zero-order valence-corrected chi connectivity index (χ0v) is 9.13. The van der Waals surface area contributed by atoms with Crippen LogP contribution in [0.15, 0.2) is 16.7 Å². The Morgan fingerprint density at radius 1 is 1.64 bits per heavy atom. The molecule has 0 fully saturated rings. The fourth-order valence-corrected chi connectivity index (χ4v) is 1.69. The molecule has 1 rings (SSSR count). The number of nitrogen functional groups attached to an aromatic ring is 1. The summed E-state index contributed by atoms with van der Waals surface area (Å²) in [5, 5.41) is 0. The molecule has 0 aliphatic heterocycles. The summed E-state index contributed by atoms with van der Waals surface area (Å²) < 4.78 is 24.8. The van der Waals surface area contributed by atoms with Gasteiger partial charge in [0.15, 0.2) is 0 Å². The monoisotopic (exact) mass is 265 g/mol. The van der Waals surface area contributed by atoms with E-state index in [4.69, 9.17) is 5.73 Å². The lowest BCUT2D eigenvalue weighted by atomic mass is 10.4. The minimum atomic E-state index is -2.38. The van der Waals surface area contributed by atoms with Gasteiger partial charge in [0.05, 0.1) is 22.9 Å². The second-order valence-electron chi connectivity index (χ2n) is 2.85. The average molecular weight is 266 g/mol. The van der Waals surface area contributed by atoms with Crippen molar-refractivity contribution in [2.24, 2.45) is 0 Å². The smallest absolute Gasteiger partial charge is 0.255 e. The van der Waals surface area contributed by atoms with Gasteiger partial charge < -0.3 is 10.6 Å². The van der Waals surface area contributed by atoms with Gasteiger partial charge in [0, 0.05) is 7.05 Å². The van der Waals surface area contributed by atoms with Crippen molar-refractivity contribution >= 4 is 27.4 Å². The molecule has 1 aromatic heterocycles. The minimum absolute atomic E-state index is 0.352. The Bertz CT molecular complexity index is 319. The van der Waals surface area contributed by atoms with Crippen molar-refractivity contribution in [3.8, 4) is 0 Å². The Morgan fingerprint density at radius 3 is 2.79 bits per heavy atom. The molecule has 78 valence electrons. The summed E-state index contributed by atoms with van der Waals surface area (Å²) in [5.41, 5.74) is 5.96. The maximum absolute atomic E-state index is 12.1. The summed E-state index contributed by atoms with van der Waals surface area (Å²) in [7, 11) is 1.55. The molecular weight excluding hydrogens is 256 g/mol. The number of hydrogen-bond donors (Lipinski definition) is 1.